The number of piperazine rings is 1. The molecule has 1 aromatic rings. The van der Waals surface area contributed by atoms with Crippen LogP contribution >= 0.6 is 0 Å². The van der Waals surface area contributed by atoms with E-state index >= 15 is 0 Å². The Morgan fingerprint density at radius 2 is 1.94 bits per heavy atom. The summed E-state index contributed by atoms with van der Waals surface area (Å²) in [5.74, 6) is 0. The molecule has 2 rings (SSSR count). The summed E-state index contributed by atoms with van der Waals surface area (Å²) in [6.07, 6.45) is 0. The van der Waals surface area contributed by atoms with Gasteiger partial charge in [-0.15, -0.1) is 0 Å². The van der Waals surface area contributed by atoms with Crippen LogP contribution in [0.25, 0.3) is 0 Å². The Labute approximate surface area is 107 Å². The maximum absolute atomic E-state index is 10.9. The molecule has 0 saturated carbocycles. The van der Waals surface area contributed by atoms with Gasteiger partial charge < -0.3 is 10.2 Å². The summed E-state index contributed by atoms with van der Waals surface area (Å²) in [4.78, 5) is 12.7. The second-order valence-corrected chi connectivity index (χ2v) is 5.10. The van der Waals surface area contributed by atoms with Crippen molar-refractivity contribution in [1.82, 2.24) is 5.32 Å². The van der Waals surface area contributed by atoms with Gasteiger partial charge in [0.25, 0.3) is 5.69 Å². The lowest BCUT2D eigenvalue weighted by Crippen LogP contribution is -2.54. The number of aryl methyl sites for hydroxylation is 1. The van der Waals surface area contributed by atoms with E-state index in [1.54, 1.807) is 12.1 Å². The first-order valence-electron chi connectivity index (χ1n) is 6.23. The van der Waals surface area contributed by atoms with Gasteiger partial charge in [0.2, 0.25) is 0 Å². The molecule has 2 unspecified atom stereocenters. The van der Waals surface area contributed by atoms with Gasteiger partial charge in [-0.25, -0.2) is 0 Å². The third-order valence-corrected chi connectivity index (χ3v) is 3.30. The quantitative estimate of drug-likeness (QED) is 0.644. The Hall–Kier alpha value is -1.62. The Bertz CT molecular complexity index is 452. The highest BCUT2D eigenvalue weighted by Gasteiger charge is 2.23. The highest BCUT2D eigenvalue weighted by atomic mass is 16.6. The van der Waals surface area contributed by atoms with Crippen molar-refractivity contribution in [2.45, 2.75) is 32.9 Å². The lowest BCUT2D eigenvalue weighted by atomic mass is 10.1. The number of nitrogens with one attached hydrogen (secondary N) is 1. The SMILES string of the molecule is Cc1ccc([N+](=O)[O-])cc1N1CC(C)NC(C)C1. The van der Waals surface area contributed by atoms with E-state index in [1.807, 2.05) is 13.0 Å². The van der Waals surface area contributed by atoms with Crippen molar-refractivity contribution in [2.24, 2.45) is 0 Å². The van der Waals surface area contributed by atoms with Gasteiger partial charge in [-0.2, -0.15) is 0 Å². The van der Waals surface area contributed by atoms with Crippen LogP contribution in [0.4, 0.5) is 11.4 Å². The predicted octanol–water partition coefficient (Wildman–Crippen LogP) is 2.09. The lowest BCUT2D eigenvalue weighted by molar-refractivity contribution is -0.384. The number of hydrogen-bond donors (Lipinski definition) is 1. The van der Waals surface area contributed by atoms with E-state index in [-0.39, 0.29) is 10.6 Å². The molecule has 1 aliphatic rings. The molecule has 0 aromatic heterocycles. The fourth-order valence-electron chi connectivity index (χ4n) is 2.58. The predicted molar refractivity (Wildman–Crippen MR) is 72.1 cm³/mol. The van der Waals surface area contributed by atoms with Gasteiger partial charge in [-0.05, 0) is 26.3 Å². The number of benzene rings is 1. The van der Waals surface area contributed by atoms with Crippen LogP contribution in [0, 0.1) is 17.0 Å². The molecule has 1 heterocycles. The summed E-state index contributed by atoms with van der Waals surface area (Å²) in [5.41, 5.74) is 2.22. The molecule has 0 aliphatic carbocycles. The third-order valence-electron chi connectivity index (χ3n) is 3.30. The van der Waals surface area contributed by atoms with Crippen molar-refractivity contribution in [3.8, 4) is 0 Å². The van der Waals surface area contributed by atoms with Gasteiger partial charge in [-0.1, -0.05) is 6.07 Å². The molecule has 98 valence electrons. The zero-order valence-corrected chi connectivity index (χ0v) is 11.0. The molecule has 0 bridgehead atoms. The highest BCUT2D eigenvalue weighted by molar-refractivity contribution is 5.59. The van der Waals surface area contributed by atoms with Crippen molar-refractivity contribution in [2.75, 3.05) is 18.0 Å². The molecule has 1 fully saturated rings. The smallest absolute Gasteiger partial charge is 0.271 e. The Kier molecular flexibility index (Phi) is 3.52. The van der Waals surface area contributed by atoms with Gasteiger partial charge in [0.05, 0.1) is 4.92 Å². The monoisotopic (exact) mass is 249 g/mol. The van der Waals surface area contributed by atoms with Crippen LogP contribution in [0.5, 0.6) is 0 Å². The summed E-state index contributed by atoms with van der Waals surface area (Å²) in [5, 5.41) is 14.3. The Balaban J connectivity index is 2.31. The minimum atomic E-state index is -0.335. The molecule has 2 atom stereocenters. The summed E-state index contributed by atoms with van der Waals surface area (Å²) in [6.45, 7) is 8.03. The number of hydrogen-bond acceptors (Lipinski definition) is 4. The number of rotatable bonds is 2. The average molecular weight is 249 g/mol. The minimum absolute atomic E-state index is 0.162. The van der Waals surface area contributed by atoms with E-state index in [4.69, 9.17) is 0 Å². The fourth-order valence-corrected chi connectivity index (χ4v) is 2.58. The van der Waals surface area contributed by atoms with Crippen LogP contribution in [0.1, 0.15) is 19.4 Å². The van der Waals surface area contributed by atoms with Crippen LogP contribution in [0.2, 0.25) is 0 Å². The number of nitro groups is 1. The molecule has 1 aliphatic heterocycles. The van der Waals surface area contributed by atoms with Crippen molar-refractivity contribution in [3.63, 3.8) is 0 Å². The Morgan fingerprint density at radius 3 is 2.50 bits per heavy atom. The number of nitro benzene ring substituents is 1. The number of nitrogens with zero attached hydrogens (tertiary/aromatic N) is 2. The van der Waals surface area contributed by atoms with E-state index in [0.717, 1.165) is 24.3 Å². The molecule has 1 N–H and O–H groups in total. The number of anilines is 1. The van der Waals surface area contributed by atoms with Crippen molar-refractivity contribution in [3.05, 3.63) is 33.9 Å². The summed E-state index contributed by atoms with van der Waals surface area (Å²) in [7, 11) is 0. The van der Waals surface area contributed by atoms with Crippen LogP contribution < -0.4 is 10.2 Å². The van der Waals surface area contributed by atoms with E-state index in [0.29, 0.717) is 12.1 Å². The summed E-state index contributed by atoms with van der Waals surface area (Å²) < 4.78 is 0. The molecule has 1 aromatic carbocycles. The average Bonchev–Trinajstić information content (AvgIpc) is 2.27. The van der Waals surface area contributed by atoms with Gasteiger partial charge >= 0.3 is 0 Å². The first kappa shape index (κ1) is 12.8. The molecule has 0 radical (unpaired) electrons. The molecule has 1 saturated heterocycles. The second kappa shape index (κ2) is 4.94. The van der Waals surface area contributed by atoms with Crippen LogP contribution in [0.3, 0.4) is 0 Å². The first-order valence-corrected chi connectivity index (χ1v) is 6.23. The van der Waals surface area contributed by atoms with E-state index < -0.39 is 0 Å². The lowest BCUT2D eigenvalue weighted by Gasteiger charge is -2.38. The standard InChI is InChI=1S/C13H19N3O2/c1-9-4-5-12(16(17)18)6-13(9)15-7-10(2)14-11(3)8-15/h4-6,10-11,14H,7-8H2,1-3H3. The zero-order valence-electron chi connectivity index (χ0n) is 11.0. The zero-order chi connectivity index (χ0) is 13.3. The Morgan fingerprint density at radius 1 is 1.33 bits per heavy atom. The topological polar surface area (TPSA) is 58.4 Å². The van der Waals surface area contributed by atoms with Gasteiger partial charge in [0, 0.05) is 43.0 Å². The second-order valence-electron chi connectivity index (χ2n) is 5.10. The molecule has 5 heteroatoms. The maximum Gasteiger partial charge on any atom is 0.271 e. The summed E-state index contributed by atoms with van der Waals surface area (Å²) in [6, 6.07) is 5.86. The van der Waals surface area contributed by atoms with Crippen molar-refractivity contribution >= 4 is 11.4 Å². The van der Waals surface area contributed by atoms with Gasteiger partial charge in [-0.3, -0.25) is 10.1 Å². The molecule has 0 amide bonds. The van der Waals surface area contributed by atoms with E-state index in [9.17, 15) is 10.1 Å². The third kappa shape index (κ3) is 2.61. The largest absolute Gasteiger partial charge is 0.368 e. The van der Waals surface area contributed by atoms with Crippen molar-refractivity contribution < 1.29 is 4.92 Å². The molecular weight excluding hydrogens is 230 g/mol. The minimum Gasteiger partial charge on any atom is -0.368 e. The van der Waals surface area contributed by atoms with E-state index in [2.05, 4.69) is 24.1 Å². The molecule has 0 spiro atoms. The van der Waals surface area contributed by atoms with Gasteiger partial charge in [0.15, 0.2) is 0 Å². The first-order chi connectivity index (χ1) is 8.47. The molecule has 5 nitrogen and oxygen atoms in total. The molecule has 18 heavy (non-hydrogen) atoms. The number of non-ortho nitro benzene ring substituents is 1. The summed E-state index contributed by atoms with van der Waals surface area (Å²) >= 11 is 0. The van der Waals surface area contributed by atoms with Crippen LogP contribution in [-0.4, -0.2) is 30.1 Å². The van der Waals surface area contributed by atoms with Crippen LogP contribution in [-0.2, 0) is 0 Å². The molecular formula is C13H19N3O2. The maximum atomic E-state index is 10.9. The van der Waals surface area contributed by atoms with Crippen molar-refractivity contribution in [1.29, 1.82) is 0 Å². The van der Waals surface area contributed by atoms with E-state index in [1.165, 1.54) is 0 Å². The fraction of sp³-hybridized carbons (Fsp3) is 0.538. The highest BCUT2D eigenvalue weighted by Crippen LogP contribution is 2.27. The normalized spacial score (nSPS) is 24.1. The van der Waals surface area contributed by atoms with Crippen LogP contribution in [0.15, 0.2) is 18.2 Å². The van der Waals surface area contributed by atoms with Gasteiger partial charge in [0.1, 0.15) is 0 Å².